The van der Waals surface area contributed by atoms with Gasteiger partial charge in [-0.2, -0.15) is 5.90 Å². The van der Waals surface area contributed by atoms with E-state index in [1.165, 1.54) is 0 Å². The van der Waals surface area contributed by atoms with Crippen LogP contribution >= 0.6 is 0 Å². The maximum Gasteiger partial charge on any atom is 0.188 e. The van der Waals surface area contributed by atoms with Crippen molar-refractivity contribution < 1.29 is 19.5 Å². The standard InChI is InChI=1S/C17H19N3O.C9H13NO.C8H12N2O2/c1-5-18-14-10-17-15(8-11(14)2)19-13-7-6-12(20(3)4)9-16(13)21-17;1-3-10-9-6-8(11)5-4-7(9)2;1-10(2)6-3-4-8(12-9)7(11)5-6/h6-10H,5H2,1-4H3;4-6,10-11H,3H2,1-2H3;3-5,11H,9H2,1-2H3. The fraction of sp³-hybridized carbons (Fsp3) is 0.294. The summed E-state index contributed by atoms with van der Waals surface area (Å²) >= 11 is 0. The molecule has 0 saturated carbocycles. The summed E-state index contributed by atoms with van der Waals surface area (Å²) in [7, 11) is 7.80. The van der Waals surface area contributed by atoms with Crippen molar-refractivity contribution in [1.29, 1.82) is 0 Å². The lowest BCUT2D eigenvalue weighted by molar-refractivity contribution is 0.313. The number of rotatable bonds is 6. The molecule has 0 atom stereocenters. The number of phenols is 2. The minimum atomic E-state index is 0.0451. The SMILES string of the molecule is CCN=c1cc2oc3cc(N(C)C)ccc3nc-2cc1C.CCNc1cc(O)ccc1C.CN(C)c1ccc(ON)c(O)c1. The maximum absolute atomic E-state index is 9.31. The number of hydrogen-bond donors (Lipinski definition) is 4. The van der Waals surface area contributed by atoms with Crippen LogP contribution in [0.1, 0.15) is 25.0 Å². The van der Waals surface area contributed by atoms with Crippen molar-refractivity contribution in [3.05, 3.63) is 83.2 Å². The van der Waals surface area contributed by atoms with Crippen LogP contribution in [0.3, 0.4) is 0 Å². The Labute approximate surface area is 259 Å². The van der Waals surface area contributed by atoms with Crippen LogP contribution < -0.4 is 31.2 Å². The summed E-state index contributed by atoms with van der Waals surface area (Å²) in [6.45, 7) is 9.76. The molecule has 0 spiro atoms. The highest BCUT2D eigenvalue weighted by molar-refractivity contribution is 5.80. The summed E-state index contributed by atoms with van der Waals surface area (Å²) in [6.07, 6.45) is 0. The molecule has 3 aromatic rings. The Kier molecular flexibility index (Phi) is 11.8. The number of benzene rings is 4. The van der Waals surface area contributed by atoms with Crippen LogP contribution in [0, 0.1) is 13.8 Å². The van der Waals surface area contributed by atoms with Gasteiger partial charge in [-0.05, 0) is 75.2 Å². The van der Waals surface area contributed by atoms with E-state index in [0.717, 1.165) is 69.2 Å². The predicted molar refractivity (Wildman–Crippen MR) is 180 cm³/mol. The van der Waals surface area contributed by atoms with Gasteiger partial charge in [0.1, 0.15) is 17.0 Å². The van der Waals surface area contributed by atoms with Crippen molar-refractivity contribution in [2.75, 3.05) is 56.4 Å². The molecule has 3 aromatic carbocycles. The summed E-state index contributed by atoms with van der Waals surface area (Å²) in [6, 6.07) is 20.4. The van der Waals surface area contributed by atoms with Gasteiger partial charge in [-0.25, -0.2) is 4.98 Å². The summed E-state index contributed by atoms with van der Waals surface area (Å²) in [5.74, 6) is 6.31. The molecule has 0 saturated heterocycles. The van der Waals surface area contributed by atoms with Crippen LogP contribution in [0.15, 0.2) is 76.1 Å². The van der Waals surface area contributed by atoms with Gasteiger partial charge >= 0.3 is 0 Å². The number of nitrogens with one attached hydrogen (secondary N) is 1. The fourth-order valence-corrected chi connectivity index (χ4v) is 4.25. The molecule has 5 N–H and O–H groups in total. The van der Waals surface area contributed by atoms with Crippen molar-refractivity contribution in [3.63, 3.8) is 0 Å². The van der Waals surface area contributed by atoms with Crippen molar-refractivity contribution >= 4 is 28.2 Å². The van der Waals surface area contributed by atoms with Gasteiger partial charge in [0.15, 0.2) is 22.8 Å². The van der Waals surface area contributed by atoms with E-state index in [1.807, 2.05) is 101 Å². The number of nitrogens with two attached hydrogens (primary N) is 1. The van der Waals surface area contributed by atoms with Gasteiger partial charge in [0.25, 0.3) is 0 Å². The van der Waals surface area contributed by atoms with E-state index in [-0.39, 0.29) is 11.5 Å². The molecular weight excluding hydrogens is 556 g/mol. The van der Waals surface area contributed by atoms with Crippen molar-refractivity contribution in [1.82, 2.24) is 4.98 Å². The molecule has 1 heterocycles. The van der Waals surface area contributed by atoms with Gasteiger partial charge in [-0.1, -0.05) is 6.07 Å². The molecule has 10 heteroatoms. The second kappa shape index (κ2) is 15.5. The molecule has 44 heavy (non-hydrogen) atoms. The lowest BCUT2D eigenvalue weighted by Crippen LogP contribution is -2.09. The molecule has 1 aliphatic heterocycles. The molecule has 1 aliphatic carbocycles. The first-order valence-corrected chi connectivity index (χ1v) is 14.4. The number of aromatic hydroxyl groups is 2. The topological polar surface area (TPSA) is 133 Å². The van der Waals surface area contributed by atoms with Crippen LogP contribution in [0.2, 0.25) is 0 Å². The number of nitrogens with zero attached hydrogens (tertiary/aromatic N) is 4. The third kappa shape index (κ3) is 8.78. The first kappa shape index (κ1) is 33.5. The minimum absolute atomic E-state index is 0.0451. The second-order valence-corrected chi connectivity index (χ2v) is 10.5. The Morgan fingerprint density at radius 1 is 0.864 bits per heavy atom. The van der Waals surface area contributed by atoms with Crippen molar-refractivity contribution in [2.45, 2.75) is 27.7 Å². The number of anilines is 3. The second-order valence-electron chi connectivity index (χ2n) is 10.5. The van der Waals surface area contributed by atoms with Crippen LogP contribution in [-0.4, -0.2) is 56.5 Å². The van der Waals surface area contributed by atoms with Crippen LogP contribution in [0.4, 0.5) is 17.1 Å². The van der Waals surface area contributed by atoms with Crippen LogP contribution in [-0.2, 0) is 0 Å². The zero-order valence-electron chi connectivity index (χ0n) is 26.8. The molecule has 0 aromatic heterocycles. The number of phenolic OH excluding ortho intramolecular Hbond substituents is 2. The summed E-state index contributed by atoms with van der Waals surface area (Å²) in [5, 5.41) is 22.6. The highest BCUT2D eigenvalue weighted by atomic mass is 16.6. The third-order valence-corrected chi connectivity index (χ3v) is 6.70. The lowest BCUT2D eigenvalue weighted by atomic mass is 10.1. The Morgan fingerprint density at radius 3 is 2.16 bits per heavy atom. The fourth-order valence-electron chi connectivity index (χ4n) is 4.25. The van der Waals surface area contributed by atoms with E-state index >= 15 is 0 Å². The smallest absolute Gasteiger partial charge is 0.188 e. The van der Waals surface area contributed by atoms with E-state index in [4.69, 9.17) is 15.4 Å². The van der Waals surface area contributed by atoms with Gasteiger partial charge in [-0.3, -0.25) is 4.99 Å². The highest BCUT2D eigenvalue weighted by Gasteiger charge is 2.11. The van der Waals surface area contributed by atoms with E-state index in [0.29, 0.717) is 5.75 Å². The van der Waals surface area contributed by atoms with E-state index in [2.05, 4.69) is 27.1 Å². The molecular formula is C34H44N6O4. The summed E-state index contributed by atoms with van der Waals surface area (Å²) in [4.78, 5) is 17.5. The summed E-state index contributed by atoms with van der Waals surface area (Å²) < 4.78 is 6.03. The number of fused-ring (bicyclic) bond motifs is 2. The summed E-state index contributed by atoms with van der Waals surface area (Å²) in [5.41, 5.74) is 7.81. The molecule has 0 radical (unpaired) electrons. The first-order valence-electron chi connectivity index (χ1n) is 14.4. The van der Waals surface area contributed by atoms with E-state index in [1.54, 1.807) is 24.3 Å². The Bertz CT molecular complexity index is 1710. The predicted octanol–water partition coefficient (Wildman–Crippen LogP) is 6.07. The van der Waals surface area contributed by atoms with Gasteiger partial charge in [0, 0.05) is 82.6 Å². The molecule has 5 rings (SSSR count). The average Bonchev–Trinajstić information content (AvgIpc) is 2.99. The monoisotopic (exact) mass is 600 g/mol. The maximum atomic E-state index is 9.31. The Balaban J connectivity index is 0.000000196. The zero-order valence-corrected chi connectivity index (χ0v) is 26.8. The number of aryl methyl sites for hydroxylation is 2. The average molecular weight is 601 g/mol. The van der Waals surface area contributed by atoms with E-state index in [9.17, 15) is 5.11 Å². The van der Waals surface area contributed by atoms with Gasteiger partial charge < -0.3 is 34.6 Å². The third-order valence-electron chi connectivity index (χ3n) is 6.70. The normalized spacial score (nSPS) is 10.9. The van der Waals surface area contributed by atoms with Crippen LogP contribution in [0.25, 0.3) is 22.6 Å². The Hall–Kier alpha value is -4.96. The molecule has 0 fully saturated rings. The van der Waals surface area contributed by atoms with Gasteiger partial charge in [0.2, 0.25) is 0 Å². The van der Waals surface area contributed by atoms with Gasteiger partial charge in [0.05, 0.1) is 5.36 Å². The lowest BCUT2D eigenvalue weighted by Gasteiger charge is -2.13. The Morgan fingerprint density at radius 2 is 1.55 bits per heavy atom. The molecule has 10 nitrogen and oxygen atoms in total. The minimum Gasteiger partial charge on any atom is -0.508 e. The number of hydrogen-bond acceptors (Lipinski definition) is 10. The highest BCUT2D eigenvalue weighted by Crippen LogP contribution is 2.29. The van der Waals surface area contributed by atoms with Crippen LogP contribution in [0.5, 0.6) is 17.2 Å². The van der Waals surface area contributed by atoms with Gasteiger partial charge in [-0.15, -0.1) is 0 Å². The largest absolute Gasteiger partial charge is 0.508 e. The molecule has 234 valence electrons. The van der Waals surface area contributed by atoms with Crippen molar-refractivity contribution in [3.8, 4) is 28.7 Å². The molecule has 0 unspecified atom stereocenters. The first-order chi connectivity index (χ1) is 21.0. The zero-order chi connectivity index (χ0) is 32.4. The quantitative estimate of drug-likeness (QED) is 0.135. The van der Waals surface area contributed by atoms with Crippen molar-refractivity contribution in [2.24, 2.45) is 10.9 Å². The number of aromatic nitrogens is 1. The molecule has 0 bridgehead atoms. The molecule has 0 amide bonds. The van der Waals surface area contributed by atoms with E-state index < -0.39 is 0 Å². The molecule has 2 aliphatic rings.